The first-order chi connectivity index (χ1) is 12.5. The van der Waals surface area contributed by atoms with Gasteiger partial charge < -0.3 is 14.8 Å². The summed E-state index contributed by atoms with van der Waals surface area (Å²) in [5.74, 6) is 0.0694. The molecule has 26 heavy (non-hydrogen) atoms. The van der Waals surface area contributed by atoms with Crippen LogP contribution in [0.15, 0.2) is 59.5 Å². The van der Waals surface area contributed by atoms with Crippen molar-refractivity contribution in [1.29, 1.82) is 0 Å². The lowest BCUT2D eigenvalue weighted by Gasteiger charge is -2.24. The number of ether oxygens (including phenoxy) is 2. The van der Waals surface area contributed by atoms with Crippen LogP contribution in [-0.2, 0) is 19.6 Å². The Bertz CT molecular complexity index is 824. The summed E-state index contributed by atoms with van der Waals surface area (Å²) in [6.45, 7) is 0.289. The highest BCUT2D eigenvalue weighted by molar-refractivity contribution is 7.92. The zero-order valence-electron chi connectivity index (χ0n) is 14.7. The zero-order chi connectivity index (χ0) is 19.0. The van der Waals surface area contributed by atoms with E-state index in [1.165, 1.54) is 26.4 Å². The maximum Gasteiger partial charge on any atom is 0.264 e. The minimum atomic E-state index is -3.92. The number of hydrogen-bond donors (Lipinski definition) is 1. The summed E-state index contributed by atoms with van der Waals surface area (Å²) in [7, 11) is -0.904. The van der Waals surface area contributed by atoms with Crippen LogP contribution in [-0.4, -0.2) is 48.2 Å². The van der Waals surface area contributed by atoms with Crippen LogP contribution in [0.25, 0.3) is 0 Å². The summed E-state index contributed by atoms with van der Waals surface area (Å²) in [5, 5.41) is 2.63. The monoisotopic (exact) mass is 378 g/mol. The van der Waals surface area contributed by atoms with Gasteiger partial charge in [-0.2, -0.15) is 0 Å². The lowest BCUT2D eigenvalue weighted by atomic mass is 10.3. The van der Waals surface area contributed by atoms with E-state index in [-0.39, 0.29) is 11.4 Å². The van der Waals surface area contributed by atoms with Crippen LogP contribution < -0.4 is 14.4 Å². The topological polar surface area (TPSA) is 84.9 Å². The average Bonchev–Trinajstić information content (AvgIpc) is 2.67. The lowest BCUT2D eigenvalue weighted by Crippen LogP contribution is -2.41. The summed E-state index contributed by atoms with van der Waals surface area (Å²) < 4.78 is 37.3. The first-order valence-corrected chi connectivity index (χ1v) is 9.40. The molecule has 0 fully saturated rings. The number of sulfonamides is 1. The van der Waals surface area contributed by atoms with Crippen LogP contribution in [0.1, 0.15) is 0 Å². The Morgan fingerprint density at radius 1 is 1.08 bits per heavy atom. The molecule has 2 aromatic carbocycles. The molecule has 2 rings (SSSR count). The molecule has 1 N–H and O–H groups in total. The predicted molar refractivity (Wildman–Crippen MR) is 98.9 cm³/mol. The van der Waals surface area contributed by atoms with Crippen molar-refractivity contribution in [1.82, 2.24) is 5.32 Å². The van der Waals surface area contributed by atoms with Crippen molar-refractivity contribution in [3.63, 3.8) is 0 Å². The Kier molecular flexibility index (Phi) is 6.99. The number of anilines is 1. The number of hydrogen-bond acceptors (Lipinski definition) is 5. The van der Waals surface area contributed by atoms with E-state index in [4.69, 9.17) is 9.47 Å². The van der Waals surface area contributed by atoms with E-state index < -0.39 is 15.9 Å². The van der Waals surface area contributed by atoms with E-state index in [2.05, 4.69) is 5.32 Å². The third-order valence-electron chi connectivity index (χ3n) is 3.59. The first-order valence-electron chi connectivity index (χ1n) is 7.96. The standard InChI is InChI=1S/C18H22N2O5S/c1-24-12-11-19-18(21)14-20(15-7-6-8-16(13-15)25-2)26(22,23)17-9-4-3-5-10-17/h3-10,13H,11-12,14H2,1-2H3,(H,19,21). The fourth-order valence-electron chi connectivity index (χ4n) is 2.28. The minimum absolute atomic E-state index is 0.104. The van der Waals surface area contributed by atoms with Gasteiger partial charge in [0.2, 0.25) is 5.91 Å². The van der Waals surface area contributed by atoms with Gasteiger partial charge >= 0.3 is 0 Å². The van der Waals surface area contributed by atoms with Gasteiger partial charge in [0.25, 0.3) is 10.0 Å². The molecule has 7 nitrogen and oxygen atoms in total. The quantitative estimate of drug-likeness (QED) is 0.671. The second-order valence-electron chi connectivity index (χ2n) is 5.37. The van der Waals surface area contributed by atoms with E-state index in [9.17, 15) is 13.2 Å². The lowest BCUT2D eigenvalue weighted by molar-refractivity contribution is -0.119. The molecular formula is C18H22N2O5S. The van der Waals surface area contributed by atoms with Gasteiger partial charge in [0.1, 0.15) is 12.3 Å². The molecule has 0 atom stereocenters. The number of nitrogens with one attached hydrogen (secondary N) is 1. The molecule has 0 saturated heterocycles. The molecule has 2 aromatic rings. The minimum Gasteiger partial charge on any atom is -0.497 e. The molecule has 140 valence electrons. The zero-order valence-corrected chi connectivity index (χ0v) is 15.5. The molecule has 1 amide bonds. The molecule has 0 saturated carbocycles. The van der Waals surface area contributed by atoms with Gasteiger partial charge in [-0.15, -0.1) is 0 Å². The molecule has 0 radical (unpaired) electrons. The highest BCUT2D eigenvalue weighted by Gasteiger charge is 2.27. The molecule has 0 spiro atoms. The number of methoxy groups -OCH3 is 2. The summed E-state index contributed by atoms with van der Waals surface area (Å²) in [6.07, 6.45) is 0. The second kappa shape index (κ2) is 9.21. The molecular weight excluding hydrogens is 356 g/mol. The van der Waals surface area contributed by atoms with Crippen molar-refractivity contribution in [2.45, 2.75) is 4.90 Å². The first kappa shape index (κ1) is 19.7. The van der Waals surface area contributed by atoms with Gasteiger partial charge in [0.05, 0.1) is 24.3 Å². The van der Waals surface area contributed by atoms with Crippen LogP contribution >= 0.6 is 0 Å². The number of carbonyl (C=O) groups excluding carboxylic acids is 1. The van der Waals surface area contributed by atoms with Crippen LogP contribution in [0, 0.1) is 0 Å². The molecule has 0 aromatic heterocycles. The maximum atomic E-state index is 13.1. The third-order valence-corrected chi connectivity index (χ3v) is 5.38. The summed E-state index contributed by atoms with van der Waals surface area (Å²) in [4.78, 5) is 12.3. The summed E-state index contributed by atoms with van der Waals surface area (Å²) in [5.41, 5.74) is 0.343. The van der Waals surface area contributed by atoms with Crippen molar-refractivity contribution in [2.75, 3.05) is 38.2 Å². The third kappa shape index (κ3) is 4.96. The number of amides is 1. The average molecular weight is 378 g/mol. The smallest absolute Gasteiger partial charge is 0.264 e. The van der Waals surface area contributed by atoms with E-state index in [1.54, 1.807) is 42.5 Å². The molecule has 0 unspecified atom stereocenters. The van der Waals surface area contributed by atoms with E-state index in [0.29, 0.717) is 24.6 Å². The van der Waals surface area contributed by atoms with Crippen LogP contribution in [0.5, 0.6) is 5.75 Å². The van der Waals surface area contributed by atoms with Gasteiger partial charge in [-0.25, -0.2) is 8.42 Å². The highest BCUT2D eigenvalue weighted by atomic mass is 32.2. The van der Waals surface area contributed by atoms with Crippen molar-refractivity contribution in [3.8, 4) is 5.75 Å². The Morgan fingerprint density at radius 2 is 1.81 bits per heavy atom. The SMILES string of the molecule is COCCNC(=O)CN(c1cccc(OC)c1)S(=O)(=O)c1ccccc1. The molecule has 0 bridgehead atoms. The normalized spacial score (nSPS) is 11.0. The summed E-state index contributed by atoms with van der Waals surface area (Å²) >= 11 is 0. The number of nitrogens with zero attached hydrogens (tertiary/aromatic N) is 1. The van der Waals surface area contributed by atoms with E-state index >= 15 is 0 Å². The fraction of sp³-hybridized carbons (Fsp3) is 0.278. The van der Waals surface area contributed by atoms with Crippen molar-refractivity contribution in [3.05, 3.63) is 54.6 Å². The molecule has 0 aliphatic rings. The molecule has 0 heterocycles. The number of benzene rings is 2. The largest absolute Gasteiger partial charge is 0.497 e. The number of carbonyl (C=O) groups is 1. The van der Waals surface area contributed by atoms with Gasteiger partial charge in [-0.05, 0) is 24.3 Å². The van der Waals surface area contributed by atoms with Gasteiger partial charge in [-0.3, -0.25) is 9.10 Å². The maximum absolute atomic E-state index is 13.1. The van der Waals surface area contributed by atoms with E-state index in [1.807, 2.05) is 0 Å². The van der Waals surface area contributed by atoms with E-state index in [0.717, 1.165) is 4.31 Å². The molecule has 0 aliphatic carbocycles. The number of rotatable bonds is 9. The highest BCUT2D eigenvalue weighted by Crippen LogP contribution is 2.26. The van der Waals surface area contributed by atoms with Gasteiger partial charge in [0.15, 0.2) is 0 Å². The Morgan fingerprint density at radius 3 is 2.46 bits per heavy atom. The Labute approximate surface area is 153 Å². The van der Waals surface area contributed by atoms with Crippen LogP contribution in [0.4, 0.5) is 5.69 Å². The molecule has 8 heteroatoms. The van der Waals surface area contributed by atoms with Gasteiger partial charge in [-0.1, -0.05) is 24.3 Å². The summed E-state index contributed by atoms with van der Waals surface area (Å²) in [6, 6.07) is 14.5. The molecule has 0 aliphatic heterocycles. The Balaban J connectivity index is 2.36. The van der Waals surface area contributed by atoms with Crippen molar-refractivity contribution < 1.29 is 22.7 Å². The van der Waals surface area contributed by atoms with Crippen LogP contribution in [0.3, 0.4) is 0 Å². The predicted octanol–water partition coefficient (Wildman–Crippen LogP) is 1.65. The second-order valence-corrected chi connectivity index (χ2v) is 7.23. The van der Waals surface area contributed by atoms with Crippen molar-refractivity contribution >= 4 is 21.6 Å². The Hall–Kier alpha value is -2.58. The fourth-order valence-corrected chi connectivity index (χ4v) is 3.71. The van der Waals surface area contributed by atoms with Crippen LogP contribution in [0.2, 0.25) is 0 Å². The van der Waals surface area contributed by atoms with Crippen molar-refractivity contribution in [2.24, 2.45) is 0 Å². The van der Waals surface area contributed by atoms with Gasteiger partial charge in [0, 0.05) is 19.7 Å².